The molecular formula is C14H21NO2. The average Bonchev–Trinajstić information content (AvgIpc) is 2.37. The van der Waals surface area contributed by atoms with Gasteiger partial charge in [0.2, 0.25) is 0 Å². The highest BCUT2D eigenvalue weighted by atomic mass is 16.5. The van der Waals surface area contributed by atoms with Crippen molar-refractivity contribution in [2.45, 2.75) is 39.2 Å². The lowest BCUT2D eigenvalue weighted by molar-refractivity contribution is -0.128. The summed E-state index contributed by atoms with van der Waals surface area (Å²) in [6, 6.07) is 9.20. The maximum Gasteiger partial charge on any atom is 0.293 e. The number of anilines is 1. The van der Waals surface area contributed by atoms with Crippen LogP contribution in [0.2, 0.25) is 0 Å². The topological polar surface area (TPSA) is 38.3 Å². The smallest absolute Gasteiger partial charge is 0.293 e. The summed E-state index contributed by atoms with van der Waals surface area (Å²) in [5.41, 5.74) is 2.79. The third-order valence-electron chi connectivity index (χ3n) is 2.66. The number of rotatable bonds is 3. The quantitative estimate of drug-likeness (QED) is 0.646. The lowest BCUT2D eigenvalue weighted by atomic mass is 9.99. The standard InChI is InChI=1S/C10H13N.C4H8O2/c1-8-6-7-9-4-2-3-5-10(9)11-8;1-2-3-6-4-5/h2-5,8,11H,6-7H2,1H3;4H,2-3H2,1H3. The summed E-state index contributed by atoms with van der Waals surface area (Å²) < 4.78 is 4.30. The number of hydrogen-bond donors (Lipinski definition) is 1. The van der Waals surface area contributed by atoms with Crippen LogP contribution in [0.5, 0.6) is 0 Å². The van der Waals surface area contributed by atoms with E-state index >= 15 is 0 Å². The Kier molecular flexibility index (Phi) is 6.15. The maximum absolute atomic E-state index is 9.34. The number of ether oxygens (including phenoxy) is 1. The first-order chi connectivity index (χ1) is 8.27. The molecule has 2 rings (SSSR count). The van der Waals surface area contributed by atoms with Crippen molar-refractivity contribution in [1.82, 2.24) is 0 Å². The van der Waals surface area contributed by atoms with Crippen LogP contribution >= 0.6 is 0 Å². The van der Waals surface area contributed by atoms with Crippen LogP contribution in [0.4, 0.5) is 5.69 Å². The summed E-state index contributed by atoms with van der Waals surface area (Å²) in [5.74, 6) is 0. The van der Waals surface area contributed by atoms with E-state index in [1.165, 1.54) is 24.1 Å². The van der Waals surface area contributed by atoms with Crippen molar-refractivity contribution in [3.8, 4) is 0 Å². The molecule has 0 spiro atoms. The SMILES string of the molecule is CC1CCc2ccccc2N1.CCCOC=O. The molecule has 1 aromatic rings. The summed E-state index contributed by atoms with van der Waals surface area (Å²) in [6.07, 6.45) is 3.39. The number of carbonyl (C=O) groups is 1. The Labute approximate surface area is 103 Å². The van der Waals surface area contributed by atoms with Crippen molar-refractivity contribution in [2.75, 3.05) is 11.9 Å². The van der Waals surface area contributed by atoms with Gasteiger partial charge in [-0.1, -0.05) is 25.1 Å². The van der Waals surface area contributed by atoms with E-state index in [1.807, 2.05) is 6.92 Å². The molecule has 1 aliphatic heterocycles. The molecule has 0 bridgehead atoms. The van der Waals surface area contributed by atoms with E-state index in [4.69, 9.17) is 0 Å². The van der Waals surface area contributed by atoms with Crippen LogP contribution in [0.25, 0.3) is 0 Å². The second-order valence-electron chi connectivity index (χ2n) is 4.21. The number of fused-ring (bicyclic) bond motifs is 1. The fourth-order valence-corrected chi connectivity index (χ4v) is 1.75. The Balaban J connectivity index is 0.000000209. The first-order valence-corrected chi connectivity index (χ1v) is 6.17. The number of aryl methyl sites for hydroxylation is 1. The fourth-order valence-electron chi connectivity index (χ4n) is 1.75. The number of benzene rings is 1. The Morgan fingerprint density at radius 2 is 2.24 bits per heavy atom. The molecule has 3 heteroatoms. The molecule has 0 radical (unpaired) electrons. The van der Waals surface area contributed by atoms with Gasteiger partial charge in [-0.15, -0.1) is 0 Å². The molecule has 94 valence electrons. The van der Waals surface area contributed by atoms with Gasteiger partial charge in [-0.3, -0.25) is 4.79 Å². The summed E-state index contributed by atoms with van der Waals surface area (Å²) in [4.78, 5) is 9.34. The minimum Gasteiger partial charge on any atom is -0.468 e. The molecule has 17 heavy (non-hydrogen) atoms. The Morgan fingerprint density at radius 1 is 1.47 bits per heavy atom. The summed E-state index contributed by atoms with van der Waals surface area (Å²) >= 11 is 0. The van der Waals surface area contributed by atoms with Gasteiger partial charge in [0.25, 0.3) is 6.47 Å². The molecule has 1 aromatic carbocycles. The van der Waals surface area contributed by atoms with Crippen LogP contribution < -0.4 is 5.32 Å². The van der Waals surface area contributed by atoms with E-state index in [9.17, 15) is 4.79 Å². The second kappa shape index (κ2) is 7.71. The Morgan fingerprint density at radius 3 is 2.88 bits per heavy atom. The van der Waals surface area contributed by atoms with E-state index in [-0.39, 0.29) is 0 Å². The van der Waals surface area contributed by atoms with Crippen molar-refractivity contribution in [1.29, 1.82) is 0 Å². The van der Waals surface area contributed by atoms with E-state index in [0.29, 0.717) is 19.1 Å². The summed E-state index contributed by atoms with van der Waals surface area (Å²) in [6.45, 7) is 5.19. The molecule has 0 aromatic heterocycles. The predicted octanol–water partition coefficient (Wildman–Crippen LogP) is 3.00. The third kappa shape index (κ3) is 4.89. The number of nitrogens with one attached hydrogen (secondary N) is 1. The lowest BCUT2D eigenvalue weighted by Gasteiger charge is -2.23. The Bertz CT molecular complexity index is 339. The summed E-state index contributed by atoms with van der Waals surface area (Å²) in [7, 11) is 0. The van der Waals surface area contributed by atoms with Gasteiger partial charge in [-0.25, -0.2) is 0 Å². The highest BCUT2D eigenvalue weighted by Gasteiger charge is 2.11. The van der Waals surface area contributed by atoms with Crippen molar-refractivity contribution in [2.24, 2.45) is 0 Å². The van der Waals surface area contributed by atoms with Crippen LogP contribution in [-0.4, -0.2) is 19.1 Å². The average molecular weight is 235 g/mol. The molecule has 1 unspecified atom stereocenters. The predicted molar refractivity (Wildman–Crippen MR) is 70.2 cm³/mol. The van der Waals surface area contributed by atoms with E-state index in [0.717, 1.165) is 6.42 Å². The van der Waals surface area contributed by atoms with Crippen molar-refractivity contribution in [3.05, 3.63) is 29.8 Å². The van der Waals surface area contributed by atoms with Gasteiger partial charge in [0.1, 0.15) is 0 Å². The zero-order valence-corrected chi connectivity index (χ0v) is 10.6. The van der Waals surface area contributed by atoms with Crippen LogP contribution in [0.1, 0.15) is 32.3 Å². The second-order valence-corrected chi connectivity index (χ2v) is 4.21. The molecule has 0 fully saturated rings. The molecule has 1 heterocycles. The normalized spacial score (nSPS) is 16.9. The first kappa shape index (κ1) is 13.6. The highest BCUT2D eigenvalue weighted by molar-refractivity contribution is 5.53. The van der Waals surface area contributed by atoms with Crippen LogP contribution in [-0.2, 0) is 16.0 Å². The van der Waals surface area contributed by atoms with Gasteiger partial charge >= 0.3 is 0 Å². The van der Waals surface area contributed by atoms with Gasteiger partial charge < -0.3 is 10.1 Å². The number of para-hydroxylation sites is 1. The number of carbonyl (C=O) groups excluding carboxylic acids is 1. The molecule has 1 N–H and O–H groups in total. The molecule has 0 aliphatic carbocycles. The van der Waals surface area contributed by atoms with Crippen LogP contribution in [0.3, 0.4) is 0 Å². The molecule has 0 saturated carbocycles. The van der Waals surface area contributed by atoms with Crippen LogP contribution in [0.15, 0.2) is 24.3 Å². The minimum absolute atomic E-state index is 0.462. The Hall–Kier alpha value is -1.51. The largest absolute Gasteiger partial charge is 0.468 e. The van der Waals surface area contributed by atoms with E-state index in [2.05, 4.69) is 41.2 Å². The minimum atomic E-state index is 0.462. The molecule has 0 amide bonds. The lowest BCUT2D eigenvalue weighted by Crippen LogP contribution is -2.21. The van der Waals surface area contributed by atoms with E-state index in [1.54, 1.807) is 0 Å². The number of hydrogen-bond acceptors (Lipinski definition) is 3. The van der Waals surface area contributed by atoms with Gasteiger partial charge in [-0.2, -0.15) is 0 Å². The molecule has 3 nitrogen and oxygen atoms in total. The van der Waals surface area contributed by atoms with Gasteiger partial charge in [0, 0.05) is 11.7 Å². The highest BCUT2D eigenvalue weighted by Crippen LogP contribution is 2.23. The van der Waals surface area contributed by atoms with Crippen molar-refractivity contribution < 1.29 is 9.53 Å². The van der Waals surface area contributed by atoms with Gasteiger partial charge in [0.05, 0.1) is 6.61 Å². The molecule has 1 aliphatic rings. The van der Waals surface area contributed by atoms with Gasteiger partial charge in [-0.05, 0) is 37.8 Å². The molecule has 0 saturated heterocycles. The van der Waals surface area contributed by atoms with Crippen molar-refractivity contribution in [3.63, 3.8) is 0 Å². The molecule has 1 atom stereocenters. The zero-order chi connectivity index (χ0) is 12.5. The maximum atomic E-state index is 9.34. The van der Waals surface area contributed by atoms with Gasteiger partial charge in [0.15, 0.2) is 0 Å². The summed E-state index contributed by atoms with van der Waals surface area (Å²) in [5, 5.41) is 3.46. The zero-order valence-electron chi connectivity index (χ0n) is 10.6. The van der Waals surface area contributed by atoms with Crippen molar-refractivity contribution >= 4 is 12.2 Å². The fraction of sp³-hybridized carbons (Fsp3) is 0.500. The third-order valence-corrected chi connectivity index (χ3v) is 2.66. The van der Waals surface area contributed by atoms with Crippen LogP contribution in [0, 0.1) is 0 Å². The monoisotopic (exact) mass is 235 g/mol. The van der Waals surface area contributed by atoms with E-state index < -0.39 is 0 Å². The first-order valence-electron chi connectivity index (χ1n) is 6.17. The molecular weight excluding hydrogens is 214 g/mol.